The molecule has 6 heteroatoms. The van der Waals surface area contributed by atoms with Crippen molar-refractivity contribution in [2.24, 2.45) is 0 Å². The highest BCUT2D eigenvalue weighted by Gasteiger charge is 2.18. The van der Waals surface area contributed by atoms with Crippen LogP contribution in [-0.4, -0.2) is 33.1 Å². The van der Waals surface area contributed by atoms with E-state index in [2.05, 4.69) is 33.8 Å². The maximum absolute atomic E-state index is 6.07. The Bertz CT molecular complexity index is 515. The molecule has 100 valence electrons. The van der Waals surface area contributed by atoms with Gasteiger partial charge in [-0.05, 0) is 18.2 Å². The number of hydrazine groups is 1. The molecule has 0 aliphatic rings. The van der Waals surface area contributed by atoms with Gasteiger partial charge in [-0.15, -0.1) is 0 Å². The zero-order valence-electron chi connectivity index (χ0n) is 11.0. The number of rotatable bonds is 5. The first-order valence-electron chi connectivity index (χ1n) is 6.18. The summed E-state index contributed by atoms with van der Waals surface area (Å²) in [5, 5.41) is 4.76. The molecule has 2 aromatic rings. The highest BCUT2D eigenvalue weighted by atomic mass is 35.5. The summed E-state index contributed by atoms with van der Waals surface area (Å²) in [5.41, 5.74) is 0.933. The number of nitrogens with zero attached hydrogens (tertiary/aromatic N) is 5. The Morgan fingerprint density at radius 1 is 1.11 bits per heavy atom. The molecular weight excluding hydrogens is 262 g/mol. The molecule has 5 nitrogen and oxygen atoms in total. The molecule has 0 aliphatic heterocycles. The van der Waals surface area contributed by atoms with Gasteiger partial charge in [-0.1, -0.05) is 31.5 Å². The monoisotopic (exact) mass is 277 g/mol. The molecule has 0 saturated heterocycles. The summed E-state index contributed by atoms with van der Waals surface area (Å²) in [4.78, 5) is 12.3. The van der Waals surface area contributed by atoms with Crippen LogP contribution in [0.2, 0.25) is 5.02 Å². The Morgan fingerprint density at radius 3 is 2.37 bits per heavy atom. The van der Waals surface area contributed by atoms with Crippen LogP contribution in [0.1, 0.15) is 13.8 Å². The molecular formula is C13H16ClN5. The maximum Gasteiger partial charge on any atom is 0.248 e. The van der Waals surface area contributed by atoms with Gasteiger partial charge in [-0.3, -0.25) is 0 Å². The zero-order valence-corrected chi connectivity index (χ0v) is 11.7. The van der Waals surface area contributed by atoms with Crippen molar-refractivity contribution in [2.45, 2.75) is 13.8 Å². The molecule has 0 spiro atoms. The molecule has 0 saturated carbocycles. The Hall–Kier alpha value is -1.72. The van der Waals surface area contributed by atoms with Crippen molar-refractivity contribution in [3.05, 3.63) is 41.9 Å². The van der Waals surface area contributed by atoms with E-state index in [4.69, 9.17) is 11.6 Å². The molecule has 0 N–H and O–H groups in total. The molecule has 0 unspecified atom stereocenters. The number of benzene rings is 1. The minimum atomic E-state index is 0.584. The van der Waals surface area contributed by atoms with Crippen molar-refractivity contribution >= 4 is 23.2 Å². The first kappa shape index (κ1) is 13.7. The van der Waals surface area contributed by atoms with Crippen LogP contribution in [0.5, 0.6) is 0 Å². The minimum Gasteiger partial charge on any atom is -0.241 e. The van der Waals surface area contributed by atoms with E-state index >= 15 is 0 Å². The highest BCUT2D eigenvalue weighted by Crippen LogP contribution is 2.26. The smallest absolute Gasteiger partial charge is 0.241 e. The van der Waals surface area contributed by atoms with Crippen molar-refractivity contribution in [3.63, 3.8) is 0 Å². The largest absolute Gasteiger partial charge is 0.248 e. The normalized spacial score (nSPS) is 10.7. The standard InChI is InChI=1S/C13H16ClN5/c1-3-18(4-2)19(13-16-9-15-10-17-13)12-7-5-6-11(14)8-12/h5-10H,3-4H2,1-2H3. The molecule has 0 bridgehead atoms. The van der Waals surface area contributed by atoms with E-state index < -0.39 is 0 Å². The highest BCUT2D eigenvalue weighted by molar-refractivity contribution is 6.30. The maximum atomic E-state index is 6.07. The third kappa shape index (κ3) is 3.19. The van der Waals surface area contributed by atoms with Crippen LogP contribution in [-0.2, 0) is 0 Å². The van der Waals surface area contributed by atoms with E-state index in [-0.39, 0.29) is 0 Å². The summed E-state index contributed by atoms with van der Waals surface area (Å²) in [5.74, 6) is 0.584. The number of aromatic nitrogens is 3. The minimum absolute atomic E-state index is 0.584. The van der Waals surface area contributed by atoms with Crippen molar-refractivity contribution in [1.29, 1.82) is 0 Å². The Labute approximate surface area is 117 Å². The summed E-state index contributed by atoms with van der Waals surface area (Å²) in [6, 6.07) is 7.63. The van der Waals surface area contributed by atoms with Gasteiger partial charge in [0.2, 0.25) is 5.95 Å². The lowest BCUT2D eigenvalue weighted by atomic mass is 10.3. The molecule has 0 aliphatic carbocycles. The predicted molar refractivity (Wildman–Crippen MR) is 76.3 cm³/mol. The first-order chi connectivity index (χ1) is 9.26. The van der Waals surface area contributed by atoms with Crippen molar-refractivity contribution in [3.8, 4) is 0 Å². The van der Waals surface area contributed by atoms with E-state index in [9.17, 15) is 0 Å². The van der Waals surface area contributed by atoms with Crippen LogP contribution >= 0.6 is 11.6 Å². The molecule has 0 radical (unpaired) electrons. The number of halogens is 1. The quantitative estimate of drug-likeness (QED) is 0.787. The second-order valence-corrected chi connectivity index (χ2v) is 4.31. The van der Waals surface area contributed by atoms with Crippen LogP contribution in [0.3, 0.4) is 0 Å². The fourth-order valence-corrected chi connectivity index (χ4v) is 2.05. The van der Waals surface area contributed by atoms with E-state index in [1.165, 1.54) is 12.7 Å². The molecule has 1 aromatic heterocycles. The average Bonchev–Trinajstić information content (AvgIpc) is 2.45. The summed E-state index contributed by atoms with van der Waals surface area (Å²) in [7, 11) is 0. The van der Waals surface area contributed by atoms with Gasteiger partial charge < -0.3 is 0 Å². The number of anilines is 2. The van der Waals surface area contributed by atoms with Crippen molar-refractivity contribution in [2.75, 3.05) is 18.1 Å². The lowest BCUT2D eigenvalue weighted by Crippen LogP contribution is -2.40. The topological polar surface area (TPSA) is 45.2 Å². The summed E-state index contributed by atoms with van der Waals surface area (Å²) in [6.07, 6.45) is 2.98. The zero-order chi connectivity index (χ0) is 13.7. The van der Waals surface area contributed by atoms with E-state index in [1.54, 1.807) is 0 Å². The van der Waals surface area contributed by atoms with E-state index in [0.717, 1.165) is 18.8 Å². The number of hydrogen-bond donors (Lipinski definition) is 0. The van der Waals surface area contributed by atoms with Crippen molar-refractivity contribution in [1.82, 2.24) is 20.0 Å². The molecule has 0 fully saturated rings. The second kappa shape index (κ2) is 6.45. The summed E-state index contributed by atoms with van der Waals surface area (Å²) in [6.45, 7) is 5.86. The Morgan fingerprint density at radius 2 is 1.79 bits per heavy atom. The van der Waals surface area contributed by atoms with Gasteiger partial charge in [0.15, 0.2) is 0 Å². The van der Waals surface area contributed by atoms with Crippen LogP contribution in [0.15, 0.2) is 36.9 Å². The lowest BCUT2D eigenvalue weighted by Gasteiger charge is -2.33. The Kier molecular flexibility index (Phi) is 4.65. The molecule has 19 heavy (non-hydrogen) atoms. The lowest BCUT2D eigenvalue weighted by molar-refractivity contribution is 0.304. The van der Waals surface area contributed by atoms with Gasteiger partial charge in [0.1, 0.15) is 12.7 Å². The van der Waals surface area contributed by atoms with Crippen LogP contribution in [0.4, 0.5) is 11.6 Å². The van der Waals surface area contributed by atoms with Gasteiger partial charge in [0.25, 0.3) is 0 Å². The molecule has 1 heterocycles. The molecule has 2 rings (SSSR count). The van der Waals surface area contributed by atoms with Gasteiger partial charge >= 0.3 is 0 Å². The summed E-state index contributed by atoms with van der Waals surface area (Å²) >= 11 is 6.07. The molecule has 1 aromatic carbocycles. The first-order valence-corrected chi connectivity index (χ1v) is 6.56. The fraction of sp³-hybridized carbons (Fsp3) is 0.308. The second-order valence-electron chi connectivity index (χ2n) is 3.87. The van der Waals surface area contributed by atoms with E-state index in [0.29, 0.717) is 11.0 Å². The van der Waals surface area contributed by atoms with Crippen LogP contribution in [0, 0.1) is 0 Å². The third-order valence-electron chi connectivity index (χ3n) is 2.73. The van der Waals surface area contributed by atoms with Crippen LogP contribution < -0.4 is 5.01 Å². The van der Waals surface area contributed by atoms with Crippen molar-refractivity contribution < 1.29 is 0 Å². The van der Waals surface area contributed by atoms with Gasteiger partial charge in [0.05, 0.1) is 5.69 Å². The van der Waals surface area contributed by atoms with Gasteiger partial charge in [-0.25, -0.2) is 15.0 Å². The molecule has 0 atom stereocenters. The van der Waals surface area contributed by atoms with E-state index in [1.807, 2.05) is 29.3 Å². The SMILES string of the molecule is CCN(CC)N(c1cccc(Cl)c1)c1ncncn1. The number of hydrogen-bond acceptors (Lipinski definition) is 5. The molecule has 0 amide bonds. The average molecular weight is 278 g/mol. The van der Waals surface area contributed by atoms with Gasteiger partial charge in [-0.2, -0.15) is 9.97 Å². The fourth-order valence-electron chi connectivity index (χ4n) is 1.86. The summed E-state index contributed by atoms with van der Waals surface area (Å²) < 4.78 is 0. The van der Waals surface area contributed by atoms with Gasteiger partial charge in [0, 0.05) is 18.1 Å². The Balaban J connectivity index is 2.45. The third-order valence-corrected chi connectivity index (χ3v) is 2.97. The predicted octanol–water partition coefficient (Wildman–Crippen LogP) is 2.92. The van der Waals surface area contributed by atoms with Crippen LogP contribution in [0.25, 0.3) is 0 Å².